The van der Waals surface area contributed by atoms with Crippen molar-refractivity contribution >= 4 is 0 Å². The van der Waals surface area contributed by atoms with E-state index in [1.807, 2.05) is 6.20 Å². The third-order valence-electron chi connectivity index (χ3n) is 4.62. The summed E-state index contributed by atoms with van der Waals surface area (Å²) in [6.07, 6.45) is 7.80. The minimum Gasteiger partial charge on any atom is -0.312 e. The predicted octanol–water partition coefficient (Wildman–Crippen LogP) is 3.68. The van der Waals surface area contributed by atoms with Crippen LogP contribution in [0.15, 0.2) is 42.7 Å². The molecule has 3 heteroatoms. The SMILES string of the molecule is CCNC1CCC(c2ccccc2)CC1n1cc(C)cn1. The van der Waals surface area contributed by atoms with E-state index in [4.69, 9.17) is 0 Å². The molecule has 0 spiro atoms. The first-order chi connectivity index (χ1) is 10.3. The zero-order valence-corrected chi connectivity index (χ0v) is 13.0. The van der Waals surface area contributed by atoms with Gasteiger partial charge in [-0.15, -0.1) is 0 Å². The van der Waals surface area contributed by atoms with E-state index in [0.717, 1.165) is 6.54 Å². The van der Waals surface area contributed by atoms with Crippen molar-refractivity contribution in [2.45, 2.75) is 51.1 Å². The zero-order valence-electron chi connectivity index (χ0n) is 13.0. The molecule has 2 aromatic rings. The number of aromatic nitrogens is 2. The molecule has 112 valence electrons. The fourth-order valence-electron chi connectivity index (χ4n) is 3.58. The van der Waals surface area contributed by atoms with Crippen LogP contribution in [0, 0.1) is 6.92 Å². The Morgan fingerprint density at radius 1 is 1.24 bits per heavy atom. The molecule has 3 nitrogen and oxygen atoms in total. The van der Waals surface area contributed by atoms with Gasteiger partial charge in [-0.25, -0.2) is 0 Å². The lowest BCUT2D eigenvalue weighted by molar-refractivity contribution is 0.229. The summed E-state index contributed by atoms with van der Waals surface area (Å²) in [5.41, 5.74) is 2.72. The zero-order chi connectivity index (χ0) is 14.7. The van der Waals surface area contributed by atoms with Crippen LogP contribution in [0.3, 0.4) is 0 Å². The van der Waals surface area contributed by atoms with E-state index in [1.54, 1.807) is 0 Å². The number of likely N-dealkylation sites (N-methyl/N-ethyl adjacent to an activating group) is 1. The Bertz CT molecular complexity index is 561. The summed E-state index contributed by atoms with van der Waals surface area (Å²) >= 11 is 0. The Balaban J connectivity index is 1.82. The lowest BCUT2D eigenvalue weighted by atomic mass is 9.78. The van der Waals surface area contributed by atoms with Gasteiger partial charge in [0, 0.05) is 12.2 Å². The van der Waals surface area contributed by atoms with E-state index in [9.17, 15) is 0 Å². The highest BCUT2D eigenvalue weighted by atomic mass is 15.3. The standard InChI is InChI=1S/C18H25N3/c1-3-19-17-10-9-16(15-7-5-4-6-8-15)11-18(17)21-13-14(2)12-20-21/h4-8,12-13,16-19H,3,9-11H2,1-2H3. The normalized spacial score (nSPS) is 25.9. The summed E-state index contributed by atoms with van der Waals surface area (Å²) in [7, 11) is 0. The topological polar surface area (TPSA) is 29.9 Å². The molecule has 1 N–H and O–H groups in total. The van der Waals surface area contributed by atoms with Crippen molar-refractivity contribution in [3.05, 3.63) is 53.9 Å². The summed E-state index contributed by atoms with van der Waals surface area (Å²) < 4.78 is 2.18. The van der Waals surface area contributed by atoms with Crippen LogP contribution in [0.1, 0.15) is 49.3 Å². The molecule has 3 atom stereocenters. The maximum Gasteiger partial charge on any atom is 0.0678 e. The van der Waals surface area contributed by atoms with Gasteiger partial charge in [-0.1, -0.05) is 37.3 Å². The van der Waals surface area contributed by atoms with E-state index in [1.165, 1.54) is 30.4 Å². The third kappa shape index (κ3) is 3.18. The molecule has 1 fully saturated rings. The van der Waals surface area contributed by atoms with Gasteiger partial charge in [0.25, 0.3) is 0 Å². The van der Waals surface area contributed by atoms with Gasteiger partial charge in [-0.3, -0.25) is 4.68 Å². The van der Waals surface area contributed by atoms with Gasteiger partial charge < -0.3 is 5.32 Å². The van der Waals surface area contributed by atoms with Crippen LogP contribution in [0.25, 0.3) is 0 Å². The predicted molar refractivity (Wildman–Crippen MR) is 86.5 cm³/mol. The van der Waals surface area contributed by atoms with Crippen LogP contribution >= 0.6 is 0 Å². The molecule has 1 aliphatic carbocycles. The lowest BCUT2D eigenvalue weighted by Crippen LogP contribution is -2.41. The Labute approximate surface area is 127 Å². The fourth-order valence-corrected chi connectivity index (χ4v) is 3.58. The average Bonchev–Trinajstić information content (AvgIpc) is 2.95. The second-order valence-electron chi connectivity index (χ2n) is 6.15. The molecule has 1 aromatic carbocycles. The van der Waals surface area contributed by atoms with Gasteiger partial charge in [-0.2, -0.15) is 5.10 Å². The van der Waals surface area contributed by atoms with Crippen molar-refractivity contribution in [2.24, 2.45) is 0 Å². The maximum atomic E-state index is 4.58. The highest BCUT2D eigenvalue weighted by molar-refractivity contribution is 5.21. The van der Waals surface area contributed by atoms with Crippen molar-refractivity contribution in [3.8, 4) is 0 Å². The molecule has 1 saturated carbocycles. The Hall–Kier alpha value is -1.61. The quantitative estimate of drug-likeness (QED) is 0.927. The van der Waals surface area contributed by atoms with E-state index in [0.29, 0.717) is 18.0 Å². The fraction of sp³-hybridized carbons (Fsp3) is 0.500. The van der Waals surface area contributed by atoms with Crippen LogP contribution in [0.4, 0.5) is 0 Å². The largest absolute Gasteiger partial charge is 0.312 e. The number of nitrogens with zero attached hydrogens (tertiary/aromatic N) is 2. The summed E-state index contributed by atoms with van der Waals surface area (Å²) in [5, 5.41) is 8.23. The molecule has 3 rings (SSSR count). The van der Waals surface area contributed by atoms with Crippen LogP contribution in [0.2, 0.25) is 0 Å². The number of hydrogen-bond acceptors (Lipinski definition) is 2. The van der Waals surface area contributed by atoms with E-state index >= 15 is 0 Å². The Morgan fingerprint density at radius 3 is 2.71 bits per heavy atom. The molecule has 1 heterocycles. The van der Waals surface area contributed by atoms with Gasteiger partial charge in [-0.05, 0) is 49.8 Å². The average molecular weight is 283 g/mol. The first-order valence-corrected chi connectivity index (χ1v) is 8.07. The molecule has 0 bridgehead atoms. The molecule has 0 radical (unpaired) electrons. The molecule has 0 amide bonds. The van der Waals surface area contributed by atoms with Crippen LogP contribution in [-0.4, -0.2) is 22.4 Å². The number of aryl methyl sites for hydroxylation is 1. The molecule has 1 aliphatic rings. The molecule has 21 heavy (non-hydrogen) atoms. The number of benzene rings is 1. The second kappa shape index (κ2) is 6.44. The highest BCUT2D eigenvalue weighted by Crippen LogP contribution is 2.38. The minimum absolute atomic E-state index is 0.456. The Kier molecular flexibility index (Phi) is 4.39. The van der Waals surface area contributed by atoms with Crippen molar-refractivity contribution in [1.29, 1.82) is 0 Å². The van der Waals surface area contributed by atoms with Gasteiger partial charge in [0.2, 0.25) is 0 Å². The number of rotatable bonds is 4. The number of nitrogens with one attached hydrogen (secondary N) is 1. The first-order valence-electron chi connectivity index (χ1n) is 8.07. The van der Waals surface area contributed by atoms with Crippen LogP contribution < -0.4 is 5.32 Å². The summed E-state index contributed by atoms with van der Waals surface area (Å²) in [6, 6.07) is 11.9. The van der Waals surface area contributed by atoms with E-state index in [-0.39, 0.29) is 0 Å². The number of hydrogen-bond donors (Lipinski definition) is 1. The molecule has 1 aromatic heterocycles. The van der Waals surface area contributed by atoms with Gasteiger partial charge in [0.15, 0.2) is 0 Å². The van der Waals surface area contributed by atoms with Gasteiger partial charge >= 0.3 is 0 Å². The van der Waals surface area contributed by atoms with Crippen molar-refractivity contribution in [2.75, 3.05) is 6.54 Å². The maximum absolute atomic E-state index is 4.58. The Morgan fingerprint density at radius 2 is 2.05 bits per heavy atom. The summed E-state index contributed by atoms with van der Waals surface area (Å²) in [5.74, 6) is 0.649. The smallest absolute Gasteiger partial charge is 0.0678 e. The third-order valence-corrected chi connectivity index (χ3v) is 4.62. The highest BCUT2D eigenvalue weighted by Gasteiger charge is 2.32. The van der Waals surface area contributed by atoms with Crippen LogP contribution in [-0.2, 0) is 0 Å². The molecule has 3 unspecified atom stereocenters. The van der Waals surface area contributed by atoms with Crippen LogP contribution in [0.5, 0.6) is 0 Å². The minimum atomic E-state index is 0.456. The monoisotopic (exact) mass is 283 g/mol. The second-order valence-corrected chi connectivity index (χ2v) is 6.15. The van der Waals surface area contributed by atoms with E-state index < -0.39 is 0 Å². The van der Waals surface area contributed by atoms with Crippen molar-refractivity contribution in [1.82, 2.24) is 15.1 Å². The summed E-state index contributed by atoms with van der Waals surface area (Å²) in [4.78, 5) is 0. The van der Waals surface area contributed by atoms with Crippen molar-refractivity contribution < 1.29 is 0 Å². The lowest BCUT2D eigenvalue weighted by Gasteiger charge is -2.37. The van der Waals surface area contributed by atoms with E-state index in [2.05, 4.69) is 65.5 Å². The molecule has 0 saturated heterocycles. The first kappa shape index (κ1) is 14.3. The van der Waals surface area contributed by atoms with Gasteiger partial charge in [0.05, 0.1) is 12.2 Å². The molecular weight excluding hydrogens is 258 g/mol. The summed E-state index contributed by atoms with van der Waals surface area (Å²) in [6.45, 7) is 5.33. The molecule has 0 aliphatic heterocycles. The molecular formula is C18H25N3. The van der Waals surface area contributed by atoms with Crippen molar-refractivity contribution in [3.63, 3.8) is 0 Å². The van der Waals surface area contributed by atoms with Gasteiger partial charge in [0.1, 0.15) is 0 Å².